The number of hydrogen-bond donors (Lipinski definition) is 1. The van der Waals surface area contributed by atoms with Crippen molar-refractivity contribution in [1.82, 2.24) is 9.78 Å². The van der Waals surface area contributed by atoms with E-state index in [2.05, 4.69) is 12.0 Å². The van der Waals surface area contributed by atoms with Gasteiger partial charge in [0.25, 0.3) is 0 Å². The molecule has 2 rings (SSSR count). The van der Waals surface area contributed by atoms with E-state index in [1.807, 2.05) is 0 Å². The van der Waals surface area contributed by atoms with Crippen LogP contribution in [0, 0.1) is 5.41 Å². The highest BCUT2D eigenvalue weighted by atomic mass is 16.5. The molecule has 0 radical (unpaired) electrons. The Hall–Kier alpha value is -1.36. The summed E-state index contributed by atoms with van der Waals surface area (Å²) in [5.41, 5.74) is 0.204. The number of carboxylic acid groups (broad SMARTS) is 1. The molecule has 5 heteroatoms. The molecule has 0 saturated carbocycles. The third kappa shape index (κ3) is 1.63. The lowest BCUT2D eigenvalue weighted by molar-refractivity contribution is -0.111. The number of carbonyl (C=O) groups is 1. The van der Waals surface area contributed by atoms with Gasteiger partial charge in [0.15, 0.2) is 5.69 Å². The molecular weight excluding hydrogens is 184 g/mol. The molecule has 2 heterocycles. The lowest BCUT2D eigenvalue weighted by atomic mass is 9.89. The molecule has 0 amide bonds. The minimum Gasteiger partial charge on any atom is -0.476 e. The number of carboxylic acids is 1. The highest BCUT2D eigenvalue weighted by Gasteiger charge is 2.34. The smallest absolute Gasteiger partial charge is 0.356 e. The third-order valence-electron chi connectivity index (χ3n) is 2.30. The van der Waals surface area contributed by atoms with E-state index in [1.165, 1.54) is 6.07 Å². The summed E-state index contributed by atoms with van der Waals surface area (Å²) in [7, 11) is 0. The monoisotopic (exact) mass is 196 g/mol. The van der Waals surface area contributed by atoms with Crippen molar-refractivity contribution >= 4 is 5.97 Å². The molecule has 76 valence electrons. The normalized spacial score (nSPS) is 18.9. The molecule has 1 aromatic heterocycles. The number of hydrogen-bond acceptors (Lipinski definition) is 3. The van der Waals surface area contributed by atoms with Gasteiger partial charge in [0.1, 0.15) is 0 Å². The van der Waals surface area contributed by atoms with E-state index in [-0.39, 0.29) is 11.1 Å². The largest absolute Gasteiger partial charge is 0.476 e. The van der Waals surface area contributed by atoms with Crippen LogP contribution in [0.4, 0.5) is 0 Å². The van der Waals surface area contributed by atoms with Gasteiger partial charge in [-0.25, -0.2) is 4.79 Å². The maximum Gasteiger partial charge on any atom is 0.356 e. The van der Waals surface area contributed by atoms with Gasteiger partial charge in [-0.05, 0) is 6.07 Å². The van der Waals surface area contributed by atoms with Crippen molar-refractivity contribution in [2.75, 3.05) is 13.2 Å². The average molecular weight is 196 g/mol. The fourth-order valence-electron chi connectivity index (χ4n) is 1.50. The third-order valence-corrected chi connectivity index (χ3v) is 2.30. The molecule has 1 aromatic rings. The molecular formula is C9H12N2O3. The SMILES string of the molecule is CC1(Cn2ccc(C(=O)O)n2)COC1. The molecule has 0 unspecified atom stereocenters. The summed E-state index contributed by atoms with van der Waals surface area (Å²) in [4.78, 5) is 10.6. The predicted octanol–water partition coefficient (Wildman–Crippen LogP) is 0.618. The van der Waals surface area contributed by atoms with Gasteiger partial charge in [-0.1, -0.05) is 6.92 Å². The molecule has 0 spiro atoms. The first-order valence-corrected chi connectivity index (χ1v) is 4.44. The summed E-state index contributed by atoms with van der Waals surface area (Å²) in [6.07, 6.45) is 1.69. The molecule has 5 nitrogen and oxygen atoms in total. The van der Waals surface area contributed by atoms with Crippen LogP contribution in [0.5, 0.6) is 0 Å². The van der Waals surface area contributed by atoms with Crippen molar-refractivity contribution < 1.29 is 14.6 Å². The van der Waals surface area contributed by atoms with Crippen LogP contribution in [0.15, 0.2) is 12.3 Å². The van der Waals surface area contributed by atoms with Gasteiger partial charge < -0.3 is 9.84 Å². The number of rotatable bonds is 3. The molecule has 0 aliphatic carbocycles. The van der Waals surface area contributed by atoms with E-state index in [1.54, 1.807) is 10.9 Å². The minimum atomic E-state index is -0.987. The van der Waals surface area contributed by atoms with Crippen LogP contribution in [0.1, 0.15) is 17.4 Å². The van der Waals surface area contributed by atoms with Gasteiger partial charge in [-0.3, -0.25) is 4.68 Å². The number of aromatic nitrogens is 2. The molecule has 0 atom stereocenters. The van der Waals surface area contributed by atoms with Crippen LogP contribution in [0.25, 0.3) is 0 Å². The van der Waals surface area contributed by atoms with Crippen molar-refractivity contribution in [1.29, 1.82) is 0 Å². The summed E-state index contributed by atoms with van der Waals surface area (Å²) in [6, 6.07) is 1.51. The Morgan fingerprint density at radius 2 is 2.50 bits per heavy atom. The maximum absolute atomic E-state index is 10.6. The second-order valence-corrected chi connectivity index (χ2v) is 4.01. The summed E-state index contributed by atoms with van der Waals surface area (Å²) >= 11 is 0. The number of ether oxygens (including phenoxy) is 1. The maximum atomic E-state index is 10.6. The Bertz CT molecular complexity index is 355. The Morgan fingerprint density at radius 1 is 1.79 bits per heavy atom. The van der Waals surface area contributed by atoms with Crippen molar-refractivity contribution in [2.45, 2.75) is 13.5 Å². The molecule has 1 N–H and O–H groups in total. The van der Waals surface area contributed by atoms with E-state index >= 15 is 0 Å². The summed E-state index contributed by atoms with van der Waals surface area (Å²) in [5.74, 6) is -0.987. The van der Waals surface area contributed by atoms with E-state index in [0.29, 0.717) is 6.54 Å². The fraction of sp³-hybridized carbons (Fsp3) is 0.556. The Morgan fingerprint density at radius 3 is 2.93 bits per heavy atom. The van der Waals surface area contributed by atoms with Gasteiger partial charge in [-0.15, -0.1) is 0 Å². The van der Waals surface area contributed by atoms with Gasteiger partial charge in [0.2, 0.25) is 0 Å². The van der Waals surface area contributed by atoms with Gasteiger partial charge in [0.05, 0.1) is 19.8 Å². The zero-order valence-corrected chi connectivity index (χ0v) is 7.93. The predicted molar refractivity (Wildman–Crippen MR) is 48.1 cm³/mol. The second-order valence-electron chi connectivity index (χ2n) is 4.01. The van der Waals surface area contributed by atoms with Crippen LogP contribution in [-0.4, -0.2) is 34.1 Å². The molecule has 1 fully saturated rings. The summed E-state index contributed by atoms with van der Waals surface area (Å²) in [6.45, 7) is 4.24. The van der Waals surface area contributed by atoms with Gasteiger partial charge in [-0.2, -0.15) is 5.10 Å². The number of nitrogens with zero attached hydrogens (tertiary/aromatic N) is 2. The molecule has 0 bridgehead atoms. The molecule has 14 heavy (non-hydrogen) atoms. The Kier molecular flexibility index (Phi) is 2.03. The van der Waals surface area contributed by atoms with E-state index in [4.69, 9.17) is 9.84 Å². The standard InChI is InChI=1S/C9H12N2O3/c1-9(5-14-6-9)4-11-3-2-7(10-11)8(12)13/h2-3H,4-6H2,1H3,(H,12,13). The molecule has 1 aliphatic heterocycles. The van der Waals surface area contributed by atoms with Crippen LogP contribution >= 0.6 is 0 Å². The quantitative estimate of drug-likeness (QED) is 0.769. The lowest BCUT2D eigenvalue weighted by Gasteiger charge is -2.37. The van der Waals surface area contributed by atoms with Crippen LogP contribution in [0.2, 0.25) is 0 Å². The highest BCUT2D eigenvalue weighted by Crippen LogP contribution is 2.28. The van der Waals surface area contributed by atoms with E-state index in [0.717, 1.165) is 13.2 Å². The average Bonchev–Trinajstić information content (AvgIpc) is 2.50. The Labute approximate surface area is 81.3 Å². The number of aromatic carboxylic acids is 1. The first kappa shape index (κ1) is 9.21. The molecule has 0 aromatic carbocycles. The Balaban J connectivity index is 2.06. The van der Waals surface area contributed by atoms with Crippen LogP contribution in [-0.2, 0) is 11.3 Å². The molecule has 1 aliphatic rings. The minimum absolute atomic E-state index is 0.0915. The molecule has 1 saturated heterocycles. The van der Waals surface area contributed by atoms with Crippen molar-refractivity contribution in [3.05, 3.63) is 18.0 Å². The topological polar surface area (TPSA) is 64.4 Å². The summed E-state index contributed by atoms with van der Waals surface area (Å²) < 4.78 is 6.77. The second kappa shape index (κ2) is 3.09. The van der Waals surface area contributed by atoms with Crippen molar-refractivity contribution in [3.8, 4) is 0 Å². The highest BCUT2D eigenvalue weighted by molar-refractivity contribution is 5.84. The van der Waals surface area contributed by atoms with E-state index < -0.39 is 5.97 Å². The van der Waals surface area contributed by atoms with E-state index in [9.17, 15) is 4.79 Å². The van der Waals surface area contributed by atoms with Crippen LogP contribution in [0.3, 0.4) is 0 Å². The zero-order chi connectivity index (χ0) is 10.2. The van der Waals surface area contributed by atoms with Crippen molar-refractivity contribution in [2.24, 2.45) is 5.41 Å². The van der Waals surface area contributed by atoms with Gasteiger partial charge >= 0.3 is 5.97 Å². The van der Waals surface area contributed by atoms with Gasteiger partial charge in [0, 0.05) is 11.6 Å². The lowest BCUT2D eigenvalue weighted by Crippen LogP contribution is -2.43. The zero-order valence-electron chi connectivity index (χ0n) is 7.93. The van der Waals surface area contributed by atoms with Crippen LogP contribution < -0.4 is 0 Å². The summed E-state index contributed by atoms with van der Waals surface area (Å²) in [5, 5.41) is 12.6. The first-order valence-electron chi connectivity index (χ1n) is 4.44. The van der Waals surface area contributed by atoms with Crippen molar-refractivity contribution in [3.63, 3.8) is 0 Å². The fourth-order valence-corrected chi connectivity index (χ4v) is 1.50. The first-order chi connectivity index (χ1) is 6.59.